The van der Waals surface area contributed by atoms with Crippen molar-refractivity contribution < 1.29 is 0 Å². The van der Waals surface area contributed by atoms with Crippen LogP contribution < -0.4 is 5.32 Å². The molecule has 0 aromatic carbocycles. The van der Waals surface area contributed by atoms with Gasteiger partial charge in [-0.05, 0) is 13.5 Å². The van der Waals surface area contributed by atoms with Crippen LogP contribution in [0.4, 0.5) is 0 Å². The zero-order valence-corrected chi connectivity index (χ0v) is 10.7. The lowest BCUT2D eigenvalue weighted by atomic mass is 10.0. The van der Waals surface area contributed by atoms with Gasteiger partial charge in [0.25, 0.3) is 0 Å². The fraction of sp³-hybridized carbons (Fsp3) is 0.833. The molecule has 16 heavy (non-hydrogen) atoms. The number of rotatable bonds is 8. The lowest BCUT2D eigenvalue weighted by molar-refractivity contribution is 0.472. The summed E-state index contributed by atoms with van der Waals surface area (Å²) in [5.41, 5.74) is 1.18. The quantitative estimate of drug-likeness (QED) is 0.690. The number of nitrogens with one attached hydrogen (secondary N) is 1. The van der Waals surface area contributed by atoms with Crippen LogP contribution in [0.25, 0.3) is 0 Å². The first kappa shape index (κ1) is 13.2. The zero-order valence-electron chi connectivity index (χ0n) is 10.7. The van der Waals surface area contributed by atoms with E-state index in [0.29, 0.717) is 6.04 Å². The Morgan fingerprint density at radius 2 is 2.06 bits per heavy atom. The van der Waals surface area contributed by atoms with Crippen LogP contribution in [0.3, 0.4) is 0 Å². The van der Waals surface area contributed by atoms with Crippen molar-refractivity contribution in [1.82, 2.24) is 20.3 Å². The van der Waals surface area contributed by atoms with E-state index in [0.717, 1.165) is 0 Å². The van der Waals surface area contributed by atoms with Crippen molar-refractivity contribution in [2.45, 2.75) is 51.5 Å². The number of aryl methyl sites for hydroxylation is 1. The van der Waals surface area contributed by atoms with Gasteiger partial charge in [0.1, 0.15) is 0 Å². The third kappa shape index (κ3) is 3.93. The van der Waals surface area contributed by atoms with Crippen molar-refractivity contribution in [3.63, 3.8) is 0 Å². The maximum atomic E-state index is 3.97. The van der Waals surface area contributed by atoms with Gasteiger partial charge in [-0.25, -0.2) is 0 Å². The molecular formula is C12H24N4. The Kier molecular flexibility index (Phi) is 6.08. The smallest absolute Gasteiger partial charge is 0.0753 e. The SMILES string of the molecule is CCCCCCCC(NC)c1cnnn1C. The van der Waals surface area contributed by atoms with Crippen LogP contribution in [0.15, 0.2) is 6.20 Å². The Labute approximate surface area is 98.4 Å². The molecule has 1 rings (SSSR count). The van der Waals surface area contributed by atoms with Crippen LogP contribution in [-0.4, -0.2) is 22.0 Å². The van der Waals surface area contributed by atoms with E-state index in [2.05, 4.69) is 22.6 Å². The second-order valence-electron chi connectivity index (χ2n) is 4.33. The standard InChI is InChI=1S/C12H24N4/c1-4-5-6-7-8-9-11(13-2)12-10-14-15-16(12)3/h10-11,13H,4-9H2,1-3H3. The highest BCUT2D eigenvalue weighted by molar-refractivity contribution is 5.01. The van der Waals surface area contributed by atoms with Gasteiger partial charge in [0, 0.05) is 7.05 Å². The van der Waals surface area contributed by atoms with Crippen molar-refractivity contribution in [3.8, 4) is 0 Å². The van der Waals surface area contributed by atoms with Crippen LogP contribution in [0.5, 0.6) is 0 Å². The van der Waals surface area contributed by atoms with Crippen molar-refractivity contribution in [2.24, 2.45) is 7.05 Å². The zero-order chi connectivity index (χ0) is 11.8. The highest BCUT2D eigenvalue weighted by Crippen LogP contribution is 2.18. The summed E-state index contributed by atoms with van der Waals surface area (Å²) in [6.45, 7) is 2.25. The van der Waals surface area contributed by atoms with E-state index in [4.69, 9.17) is 0 Å². The Morgan fingerprint density at radius 1 is 1.31 bits per heavy atom. The molecule has 1 aromatic heterocycles. The predicted molar refractivity (Wildman–Crippen MR) is 66.2 cm³/mol. The number of hydrogen-bond donors (Lipinski definition) is 1. The molecule has 0 spiro atoms. The Morgan fingerprint density at radius 3 is 2.62 bits per heavy atom. The summed E-state index contributed by atoms with van der Waals surface area (Å²) in [6, 6.07) is 0.390. The molecule has 1 atom stereocenters. The number of aromatic nitrogens is 3. The van der Waals surface area contributed by atoms with E-state index in [1.807, 2.05) is 25.0 Å². The largest absolute Gasteiger partial charge is 0.312 e. The van der Waals surface area contributed by atoms with Crippen LogP contribution in [0, 0.1) is 0 Å². The molecule has 1 heterocycles. The minimum Gasteiger partial charge on any atom is -0.312 e. The van der Waals surface area contributed by atoms with Gasteiger partial charge in [0.05, 0.1) is 17.9 Å². The molecule has 92 valence electrons. The summed E-state index contributed by atoms with van der Waals surface area (Å²) >= 11 is 0. The Hall–Kier alpha value is -0.900. The lowest BCUT2D eigenvalue weighted by Crippen LogP contribution is -2.19. The van der Waals surface area contributed by atoms with Gasteiger partial charge >= 0.3 is 0 Å². The Bertz CT molecular complexity index is 282. The molecule has 4 nitrogen and oxygen atoms in total. The van der Waals surface area contributed by atoms with Gasteiger partial charge in [0.2, 0.25) is 0 Å². The van der Waals surface area contributed by atoms with Crippen molar-refractivity contribution >= 4 is 0 Å². The second kappa shape index (κ2) is 7.39. The van der Waals surface area contributed by atoms with Crippen LogP contribution >= 0.6 is 0 Å². The predicted octanol–water partition coefficient (Wildman–Crippen LogP) is 2.44. The molecule has 0 aliphatic rings. The van der Waals surface area contributed by atoms with E-state index < -0.39 is 0 Å². The van der Waals surface area contributed by atoms with Crippen LogP contribution in [-0.2, 0) is 7.05 Å². The molecule has 1 aromatic rings. The van der Waals surface area contributed by atoms with Gasteiger partial charge < -0.3 is 5.32 Å². The molecule has 0 fully saturated rings. The number of unbranched alkanes of at least 4 members (excludes halogenated alkanes) is 4. The molecule has 0 aliphatic carbocycles. The van der Waals surface area contributed by atoms with E-state index in [1.54, 1.807) is 0 Å². The number of hydrogen-bond acceptors (Lipinski definition) is 3. The molecule has 1 N–H and O–H groups in total. The van der Waals surface area contributed by atoms with E-state index >= 15 is 0 Å². The molecular weight excluding hydrogens is 200 g/mol. The number of nitrogens with zero attached hydrogens (tertiary/aromatic N) is 3. The third-order valence-corrected chi connectivity index (χ3v) is 3.05. The minimum atomic E-state index is 0.390. The summed E-state index contributed by atoms with van der Waals surface area (Å²) in [5.74, 6) is 0. The summed E-state index contributed by atoms with van der Waals surface area (Å²) in [5, 5.41) is 11.2. The average molecular weight is 224 g/mol. The maximum Gasteiger partial charge on any atom is 0.0753 e. The Balaban J connectivity index is 2.30. The molecule has 4 heteroatoms. The summed E-state index contributed by atoms with van der Waals surface area (Å²) in [4.78, 5) is 0. The normalized spacial score (nSPS) is 12.9. The highest BCUT2D eigenvalue weighted by Gasteiger charge is 2.12. The van der Waals surface area contributed by atoms with E-state index in [1.165, 1.54) is 44.2 Å². The van der Waals surface area contributed by atoms with Gasteiger partial charge in [-0.15, -0.1) is 5.10 Å². The summed E-state index contributed by atoms with van der Waals surface area (Å²) in [7, 11) is 3.95. The first-order chi connectivity index (χ1) is 7.79. The van der Waals surface area contributed by atoms with Crippen molar-refractivity contribution in [3.05, 3.63) is 11.9 Å². The second-order valence-corrected chi connectivity index (χ2v) is 4.33. The monoisotopic (exact) mass is 224 g/mol. The molecule has 0 amide bonds. The van der Waals surface area contributed by atoms with Gasteiger partial charge in [-0.3, -0.25) is 4.68 Å². The van der Waals surface area contributed by atoms with Crippen LogP contribution in [0.2, 0.25) is 0 Å². The summed E-state index contributed by atoms with van der Waals surface area (Å²) < 4.78 is 1.85. The first-order valence-electron chi connectivity index (χ1n) is 6.31. The first-order valence-corrected chi connectivity index (χ1v) is 6.31. The summed E-state index contributed by atoms with van der Waals surface area (Å²) in [6.07, 6.45) is 9.65. The van der Waals surface area contributed by atoms with Crippen molar-refractivity contribution in [2.75, 3.05) is 7.05 Å². The molecule has 1 unspecified atom stereocenters. The van der Waals surface area contributed by atoms with Crippen LogP contribution in [0.1, 0.15) is 57.2 Å². The molecule has 0 aliphatic heterocycles. The van der Waals surface area contributed by atoms with E-state index in [9.17, 15) is 0 Å². The highest BCUT2D eigenvalue weighted by atomic mass is 15.4. The topological polar surface area (TPSA) is 42.7 Å². The van der Waals surface area contributed by atoms with Crippen molar-refractivity contribution in [1.29, 1.82) is 0 Å². The maximum absolute atomic E-state index is 3.97. The van der Waals surface area contributed by atoms with Gasteiger partial charge in [-0.2, -0.15) is 0 Å². The van der Waals surface area contributed by atoms with Gasteiger partial charge in [0.15, 0.2) is 0 Å². The minimum absolute atomic E-state index is 0.390. The fourth-order valence-corrected chi connectivity index (χ4v) is 2.01. The van der Waals surface area contributed by atoms with E-state index in [-0.39, 0.29) is 0 Å². The average Bonchev–Trinajstić information content (AvgIpc) is 2.70. The van der Waals surface area contributed by atoms with Gasteiger partial charge in [-0.1, -0.05) is 44.2 Å². The molecule has 0 radical (unpaired) electrons. The molecule has 0 bridgehead atoms. The fourth-order valence-electron chi connectivity index (χ4n) is 2.01. The lowest BCUT2D eigenvalue weighted by Gasteiger charge is -2.15. The molecule has 0 saturated carbocycles. The molecule has 0 saturated heterocycles. The third-order valence-electron chi connectivity index (χ3n) is 3.05.